The molecule has 16 rings (SSSR count). The molecule has 13 heteroatoms. The average molecular weight is 1460 g/mol. The predicted octanol–water partition coefficient (Wildman–Crippen LogP) is 15.4. The van der Waals surface area contributed by atoms with Crippen LogP contribution in [0.5, 0.6) is 0 Å². The van der Waals surface area contributed by atoms with Gasteiger partial charge in [-0.15, -0.1) is 0 Å². The van der Waals surface area contributed by atoms with Crippen molar-refractivity contribution in [3.63, 3.8) is 0 Å². The first-order valence-electron chi connectivity index (χ1n) is 33.7. The van der Waals surface area contributed by atoms with Gasteiger partial charge in [-0.3, -0.25) is 0 Å². The third-order valence-corrected chi connectivity index (χ3v) is 22.4. The monoisotopic (exact) mass is 1460 g/mol. The molecule has 1 saturated heterocycles. The van der Waals surface area contributed by atoms with Crippen LogP contribution >= 0.6 is 0 Å². The summed E-state index contributed by atoms with van der Waals surface area (Å²) in [7, 11) is 0. The molecule has 0 spiro atoms. The Morgan fingerprint density at radius 3 is 0.952 bits per heavy atom. The third kappa shape index (κ3) is 7.91. The first kappa shape index (κ1) is 39.2. The maximum atomic E-state index is 9.24. The van der Waals surface area contributed by atoms with E-state index < -0.39 is 68.6 Å². The van der Waals surface area contributed by atoms with E-state index in [9.17, 15) is 16.4 Å². The molecule has 7 heterocycles. The van der Waals surface area contributed by atoms with E-state index in [1.165, 1.54) is 19.6 Å². The topological polar surface area (TPSA) is 35.6 Å². The van der Waals surface area contributed by atoms with Crippen LogP contribution in [0.1, 0.15) is 55.6 Å². The van der Waals surface area contributed by atoms with Crippen molar-refractivity contribution in [2.45, 2.75) is 39.0 Å². The van der Waals surface area contributed by atoms with Crippen molar-refractivity contribution in [3.8, 4) is 0 Å². The molecular weight excluding hydrogens is 1390 g/mol. The summed E-state index contributed by atoms with van der Waals surface area (Å²) in [5.41, 5.74) is 13.7. The number of anilines is 19. The fraction of sp³-hybridized carbons (Fsp3) is 0.171. The molecule has 83 heavy (non-hydrogen) atoms. The van der Waals surface area contributed by atoms with E-state index in [4.69, 9.17) is 0 Å². The standard InChI is InChI=1S/C70H63N11.2Pt/c1-70(2,3)50-38-58(78-48-73(6)64-26-10-14-30-68(64)78)44-60(39-50)80(55-22-18-20-53(40-55)76-46-71(4)62-24-8-12-28-66(62)76)51-32-34-52(35-33-51)81(56-23-19-21-54(41-56)77-47-72(5)63-25-9-13-29-67(63)77)61-43-57(75-36-16-17-37-75)42-59(45-61)79-49-74(7)65-27-11-15-31-69(65)79;;/h8-15,18-35,38-45H,16-17,36-37H2,1-7H3;;/i4D3,5D3,6D3,7D3;;. The van der Waals surface area contributed by atoms with Gasteiger partial charge >= 0.3 is 522 Å². The van der Waals surface area contributed by atoms with Crippen molar-refractivity contribution in [1.29, 1.82) is 0 Å². The molecule has 0 radical (unpaired) electrons. The molecule has 0 atom stereocenters. The van der Waals surface area contributed by atoms with Gasteiger partial charge in [-0.2, -0.15) is 0 Å². The molecule has 9 aromatic rings. The summed E-state index contributed by atoms with van der Waals surface area (Å²) in [6.45, 7) is -2.50. The van der Waals surface area contributed by atoms with E-state index in [-0.39, 0.29) is 0 Å². The molecule has 9 aromatic carbocycles. The number of fused-ring (bicyclic) bond motifs is 24. The number of hydrogen-bond donors (Lipinski definition) is 0. The number of nitrogens with zero attached hydrogens (tertiary/aromatic N) is 11. The van der Waals surface area contributed by atoms with Crippen molar-refractivity contribution < 1.29 is 51.7 Å². The molecule has 0 aromatic heterocycles. The van der Waals surface area contributed by atoms with Crippen LogP contribution in [0.3, 0.4) is 0 Å². The van der Waals surface area contributed by atoms with Gasteiger partial charge in [0.15, 0.2) is 0 Å². The van der Waals surface area contributed by atoms with Crippen molar-refractivity contribution >= 4 is 125 Å². The van der Waals surface area contributed by atoms with Gasteiger partial charge in [-0.05, 0) is 0 Å². The molecule has 418 valence electrons. The number of rotatable bonds is 3. The molecule has 0 aliphatic carbocycles. The van der Waals surface area contributed by atoms with Crippen LogP contribution in [0.2, 0.25) is 0 Å². The minimum absolute atomic E-state index is 0.421. The summed E-state index contributed by atoms with van der Waals surface area (Å²) in [6.07, 6.45) is 2.01. The Morgan fingerprint density at radius 1 is 0.301 bits per heavy atom. The van der Waals surface area contributed by atoms with Gasteiger partial charge in [0.1, 0.15) is 0 Å². The molecule has 1 fully saturated rings. The molecule has 0 N–H and O–H groups in total. The Bertz CT molecular complexity index is 4810. The van der Waals surface area contributed by atoms with Crippen molar-refractivity contribution in [3.05, 3.63) is 212 Å². The van der Waals surface area contributed by atoms with Crippen LogP contribution in [-0.2, 0) is 40.7 Å². The summed E-state index contributed by atoms with van der Waals surface area (Å²) < 4.78 is 112. The summed E-state index contributed by atoms with van der Waals surface area (Å²) in [5, 5.41) is 0. The molecular formula is C70H63N11Pt2. The van der Waals surface area contributed by atoms with Crippen LogP contribution in [-0.4, -0.2) is 57.6 Å². The molecule has 11 nitrogen and oxygen atoms in total. The zero-order valence-corrected chi connectivity index (χ0v) is 50.1. The fourth-order valence-electron chi connectivity index (χ4n) is 12.3. The molecule has 8 bridgehead atoms. The van der Waals surface area contributed by atoms with Gasteiger partial charge in [0.2, 0.25) is 0 Å². The Kier molecular flexibility index (Phi) is 9.01. The Labute approximate surface area is 519 Å². The number of para-hydroxylation sites is 8. The molecule has 0 amide bonds. The van der Waals surface area contributed by atoms with Crippen LogP contribution in [0, 0.1) is 0 Å². The molecule has 7 aliphatic rings. The number of hydrogen-bond acceptors (Lipinski definition) is 11. The SMILES string of the molecule is [2H]C([2H])([2H])N1[C]2=[Pt]=[C]3N(c4cc(N5CCCC5)cc(c4)N(c4ccc(N5c6cccc(c6)N6[C](=[Pt]=[C]7N(c8cc5cc(C(C)(C)C)c8)c5ccccc5N7C([2H])([2H])[2H])N(C([2H])([2H])[2H])c5ccccc56)cc4)c4cccc(c4)N2c2ccccc21)c1ccccc1N3C([2H])([2H])[2H]. The second kappa shape index (κ2) is 19.1. The van der Waals surface area contributed by atoms with Crippen molar-refractivity contribution in [2.24, 2.45) is 0 Å². The Balaban J connectivity index is 0.938. The molecule has 7 aliphatic heterocycles. The Hall–Kier alpha value is -8.36. The van der Waals surface area contributed by atoms with Crippen LogP contribution in [0.15, 0.2) is 206 Å². The summed E-state index contributed by atoms with van der Waals surface area (Å²) in [5.74, 6) is 0. The minimum atomic E-state index is -2.66. The normalized spacial score (nSPS) is 19.6. The van der Waals surface area contributed by atoms with E-state index in [1.807, 2.05) is 136 Å². The zero-order valence-electron chi connectivity index (χ0n) is 57.5. The molecule has 0 unspecified atom stereocenters. The summed E-state index contributed by atoms with van der Waals surface area (Å²) in [4.78, 5) is 20.6. The predicted molar refractivity (Wildman–Crippen MR) is 344 cm³/mol. The van der Waals surface area contributed by atoms with E-state index >= 15 is 0 Å². The quantitative estimate of drug-likeness (QED) is 0.170. The van der Waals surface area contributed by atoms with Gasteiger partial charge in [0, 0.05) is 0 Å². The second-order valence-corrected chi connectivity index (χ2v) is 27.6. The van der Waals surface area contributed by atoms with Crippen LogP contribution in [0.25, 0.3) is 0 Å². The van der Waals surface area contributed by atoms with E-state index in [1.54, 1.807) is 0 Å². The van der Waals surface area contributed by atoms with Gasteiger partial charge in [0.05, 0.1) is 0 Å². The third-order valence-electron chi connectivity index (χ3n) is 16.3. The van der Waals surface area contributed by atoms with E-state index in [2.05, 4.69) is 125 Å². The van der Waals surface area contributed by atoms with Crippen molar-refractivity contribution in [2.75, 3.05) is 94.9 Å². The maximum absolute atomic E-state index is 9.24. The second-order valence-electron chi connectivity index (χ2n) is 22.4. The Morgan fingerprint density at radius 2 is 0.590 bits per heavy atom. The average Bonchev–Trinajstić information content (AvgIpc) is 1.59. The summed E-state index contributed by atoms with van der Waals surface area (Å²) in [6, 6.07) is 67.5. The summed E-state index contributed by atoms with van der Waals surface area (Å²) >= 11 is -3.37. The zero-order chi connectivity index (χ0) is 66.0. The first-order chi connectivity index (χ1) is 45.3. The first-order valence-corrected chi connectivity index (χ1v) is 32.2. The number of benzene rings is 9. The van der Waals surface area contributed by atoms with Gasteiger partial charge in [-0.1, -0.05) is 0 Å². The van der Waals surface area contributed by atoms with Crippen molar-refractivity contribution in [1.82, 2.24) is 0 Å². The van der Waals surface area contributed by atoms with E-state index in [0.29, 0.717) is 79.1 Å². The van der Waals surface area contributed by atoms with Gasteiger partial charge < -0.3 is 0 Å². The van der Waals surface area contributed by atoms with Gasteiger partial charge in [-0.25, -0.2) is 0 Å². The van der Waals surface area contributed by atoms with Crippen LogP contribution < -0.4 is 53.9 Å². The fourth-order valence-corrected chi connectivity index (χ4v) is 18.6. The van der Waals surface area contributed by atoms with Crippen LogP contribution in [0.4, 0.5) is 108 Å². The van der Waals surface area contributed by atoms with E-state index in [0.717, 1.165) is 77.0 Å². The van der Waals surface area contributed by atoms with Gasteiger partial charge in [0.25, 0.3) is 0 Å². The molecule has 0 saturated carbocycles.